The maximum atomic E-state index is 6.47. The van der Waals surface area contributed by atoms with E-state index in [0.717, 1.165) is 77.7 Å². The molecule has 0 aliphatic heterocycles. The molecular weight excluding hydrogens is 802 g/mol. The van der Waals surface area contributed by atoms with Crippen molar-refractivity contribution >= 4 is 57.1 Å². The Hall–Kier alpha value is -3.62. The third-order valence-corrected chi connectivity index (χ3v) is 9.42. The Labute approximate surface area is 298 Å². The fraction of sp³-hybridized carbons (Fsp3) is 0.333. The van der Waals surface area contributed by atoms with Crippen LogP contribution in [0.15, 0.2) is 58.5 Å². The van der Waals surface area contributed by atoms with Gasteiger partial charge in [0.25, 0.3) is 0 Å². The van der Waals surface area contributed by atoms with E-state index in [-0.39, 0.29) is 24.1 Å². The van der Waals surface area contributed by atoms with E-state index in [0.29, 0.717) is 13.1 Å². The molecule has 0 radical (unpaired) electrons. The summed E-state index contributed by atoms with van der Waals surface area (Å²) >= 11 is 4.62. The Kier molecular flexibility index (Phi) is 11.9. The van der Waals surface area contributed by atoms with E-state index in [4.69, 9.17) is 32.4 Å². The quantitative estimate of drug-likeness (QED) is 0.0965. The smallest absolute Gasteiger partial charge is 0.186 e. The molecule has 0 aromatic heterocycles. The lowest BCUT2D eigenvalue weighted by Gasteiger charge is -2.17. The zero-order chi connectivity index (χ0) is 32.5. The highest BCUT2D eigenvalue weighted by Gasteiger charge is 2.21. The number of ether oxygens (including phenoxy) is 2. The minimum absolute atomic E-state index is 0.0549. The lowest BCUT2D eigenvalue weighted by atomic mass is 10.1. The topological polar surface area (TPSA) is 147 Å². The molecule has 0 unspecified atom stereocenters. The Morgan fingerprint density at radius 2 is 1.04 bits per heavy atom. The van der Waals surface area contributed by atoms with E-state index in [2.05, 4.69) is 91.0 Å². The molecule has 2 saturated carbocycles. The summed E-state index contributed by atoms with van der Waals surface area (Å²) in [5.41, 5.74) is 27.6. The second kappa shape index (κ2) is 16.3. The van der Waals surface area contributed by atoms with Gasteiger partial charge in [0.2, 0.25) is 0 Å². The van der Waals surface area contributed by atoms with Crippen LogP contribution in [0.3, 0.4) is 0 Å². The first-order valence-corrected chi connectivity index (χ1v) is 17.6. The van der Waals surface area contributed by atoms with Gasteiger partial charge >= 0.3 is 0 Å². The molecular formula is C36H38I2N6O2. The molecule has 10 heteroatoms. The van der Waals surface area contributed by atoms with Crippen LogP contribution in [-0.2, 0) is 13.1 Å². The van der Waals surface area contributed by atoms with Gasteiger partial charge in [-0.2, -0.15) is 0 Å². The summed E-state index contributed by atoms with van der Waals surface area (Å²) in [7, 11) is 0. The van der Waals surface area contributed by atoms with Gasteiger partial charge in [-0.05, 0) is 150 Å². The van der Waals surface area contributed by atoms with Gasteiger partial charge < -0.3 is 32.4 Å². The molecule has 0 saturated heterocycles. The van der Waals surface area contributed by atoms with Crippen molar-refractivity contribution in [3.8, 4) is 35.2 Å². The maximum absolute atomic E-state index is 6.47. The third-order valence-electron chi connectivity index (χ3n) is 7.81. The highest BCUT2D eigenvalue weighted by molar-refractivity contribution is 14.1. The second-order valence-corrected chi connectivity index (χ2v) is 13.8. The van der Waals surface area contributed by atoms with Gasteiger partial charge in [0, 0.05) is 11.1 Å². The Morgan fingerprint density at radius 3 is 1.43 bits per heavy atom. The van der Waals surface area contributed by atoms with Gasteiger partial charge in [-0.1, -0.05) is 29.7 Å². The third kappa shape index (κ3) is 9.69. The van der Waals surface area contributed by atoms with Crippen LogP contribution in [0.1, 0.15) is 84.7 Å². The van der Waals surface area contributed by atoms with Crippen molar-refractivity contribution in [3.63, 3.8) is 0 Å². The Balaban J connectivity index is 1.45. The summed E-state index contributed by atoms with van der Waals surface area (Å²) < 4.78 is 14.9. The van der Waals surface area contributed by atoms with Crippen LogP contribution in [-0.4, -0.2) is 24.1 Å². The monoisotopic (exact) mass is 840 g/mol. The molecule has 238 valence electrons. The zero-order valence-corrected chi connectivity index (χ0v) is 29.9. The van der Waals surface area contributed by atoms with Crippen molar-refractivity contribution in [2.75, 3.05) is 0 Å². The van der Waals surface area contributed by atoms with E-state index < -0.39 is 0 Å². The number of halogens is 2. The van der Waals surface area contributed by atoms with E-state index in [1.807, 2.05) is 36.4 Å². The number of benzene rings is 3. The molecule has 8 N–H and O–H groups in total. The number of aliphatic imine (C=N–C) groups is 2. The largest absolute Gasteiger partial charge is 0.488 e. The number of nitrogens with two attached hydrogens (primary N) is 4. The van der Waals surface area contributed by atoms with E-state index in [1.54, 1.807) is 0 Å². The van der Waals surface area contributed by atoms with Crippen LogP contribution in [0.2, 0.25) is 0 Å². The van der Waals surface area contributed by atoms with Crippen molar-refractivity contribution in [2.24, 2.45) is 32.9 Å². The standard InChI is InChI=1S/C36H38I2N6O2/c37-31-19-25(21-43-35(39)40)17-27(33(31)45-29-8-1-2-9-29)14-12-23-6-5-7-24(16-23)13-15-28-18-26(22-44-36(41)42)20-32(38)34(28)46-30-10-3-4-11-30/h5-7,16-20,29-30H,1-4,8-11,21-22H2,(H4,39,40,43)(H4,41,42,44). The molecule has 2 fully saturated rings. The van der Waals surface area contributed by atoms with Gasteiger partial charge in [-0.25, -0.2) is 9.98 Å². The van der Waals surface area contributed by atoms with E-state index in [9.17, 15) is 0 Å². The highest BCUT2D eigenvalue weighted by Crippen LogP contribution is 2.33. The average molecular weight is 841 g/mol. The Bertz CT molecular complexity index is 1620. The minimum Gasteiger partial charge on any atom is -0.488 e. The molecule has 3 aromatic carbocycles. The summed E-state index contributed by atoms with van der Waals surface area (Å²) in [5, 5.41) is 0. The summed E-state index contributed by atoms with van der Waals surface area (Å²) in [5.74, 6) is 15.2. The van der Waals surface area contributed by atoms with Gasteiger partial charge in [-0.15, -0.1) is 0 Å². The fourth-order valence-corrected chi connectivity index (χ4v) is 7.21. The molecule has 3 aromatic rings. The van der Waals surface area contributed by atoms with Crippen molar-refractivity contribution < 1.29 is 9.47 Å². The fourth-order valence-electron chi connectivity index (χ4n) is 5.57. The van der Waals surface area contributed by atoms with Gasteiger partial charge in [0.05, 0.1) is 43.6 Å². The van der Waals surface area contributed by atoms with Gasteiger partial charge in [0.15, 0.2) is 11.9 Å². The van der Waals surface area contributed by atoms with E-state index >= 15 is 0 Å². The second-order valence-electron chi connectivity index (χ2n) is 11.5. The van der Waals surface area contributed by atoms with Crippen molar-refractivity contribution in [3.05, 3.63) is 89.1 Å². The van der Waals surface area contributed by atoms with Crippen LogP contribution in [0.5, 0.6) is 11.5 Å². The molecule has 8 nitrogen and oxygen atoms in total. The number of hydrogen-bond acceptors (Lipinski definition) is 4. The number of rotatable bonds is 8. The van der Waals surface area contributed by atoms with Crippen LogP contribution >= 0.6 is 45.2 Å². The normalized spacial score (nSPS) is 14.5. The summed E-state index contributed by atoms with van der Waals surface area (Å²) in [6, 6.07) is 16.1. The summed E-state index contributed by atoms with van der Waals surface area (Å²) in [4.78, 5) is 8.37. The minimum atomic E-state index is 0.0549. The molecule has 0 amide bonds. The zero-order valence-electron chi connectivity index (χ0n) is 25.6. The van der Waals surface area contributed by atoms with Gasteiger partial charge in [0.1, 0.15) is 11.5 Å². The van der Waals surface area contributed by atoms with E-state index in [1.165, 1.54) is 25.7 Å². The lowest BCUT2D eigenvalue weighted by Crippen LogP contribution is -2.22. The molecule has 0 atom stereocenters. The van der Waals surface area contributed by atoms with Crippen molar-refractivity contribution in [1.82, 2.24) is 0 Å². The first kappa shape index (κ1) is 33.7. The Morgan fingerprint density at radius 1 is 0.630 bits per heavy atom. The molecule has 5 rings (SSSR count). The number of hydrogen-bond donors (Lipinski definition) is 4. The first-order valence-electron chi connectivity index (χ1n) is 15.5. The molecule has 2 aliphatic rings. The summed E-state index contributed by atoms with van der Waals surface area (Å²) in [6.07, 6.45) is 9.40. The predicted molar refractivity (Wildman–Crippen MR) is 202 cm³/mol. The molecule has 2 aliphatic carbocycles. The number of nitrogens with zero attached hydrogens (tertiary/aromatic N) is 2. The van der Waals surface area contributed by atoms with Crippen LogP contribution in [0.4, 0.5) is 0 Å². The molecule has 0 spiro atoms. The number of guanidine groups is 2. The van der Waals surface area contributed by atoms with Crippen LogP contribution in [0.25, 0.3) is 0 Å². The molecule has 0 bridgehead atoms. The highest BCUT2D eigenvalue weighted by atomic mass is 127. The average Bonchev–Trinajstić information content (AvgIpc) is 3.75. The first-order chi connectivity index (χ1) is 22.2. The molecule has 46 heavy (non-hydrogen) atoms. The van der Waals surface area contributed by atoms with Crippen molar-refractivity contribution in [1.29, 1.82) is 0 Å². The summed E-state index contributed by atoms with van der Waals surface area (Å²) in [6.45, 7) is 0.751. The van der Waals surface area contributed by atoms with Crippen molar-refractivity contribution in [2.45, 2.75) is 76.7 Å². The maximum Gasteiger partial charge on any atom is 0.186 e. The van der Waals surface area contributed by atoms with Crippen LogP contribution in [0, 0.1) is 30.8 Å². The van der Waals surface area contributed by atoms with Crippen LogP contribution < -0.4 is 32.4 Å². The molecule has 0 heterocycles. The SMILES string of the molecule is NC(N)=NCc1cc(I)c(OC2CCCC2)c(C#Cc2cccc(C#Cc3cc(CN=C(N)N)cc(I)c3OC3CCCC3)c2)c1. The van der Waals surface area contributed by atoms with Gasteiger partial charge in [-0.3, -0.25) is 0 Å². The predicted octanol–water partition coefficient (Wildman–Crippen LogP) is 5.89. The lowest BCUT2D eigenvalue weighted by molar-refractivity contribution is 0.207.